The molecule has 0 bridgehead atoms. The van der Waals surface area contributed by atoms with E-state index in [0.717, 1.165) is 5.71 Å². The fourth-order valence-corrected chi connectivity index (χ4v) is 0.708. The lowest BCUT2D eigenvalue weighted by Gasteiger charge is -2.03. The van der Waals surface area contributed by atoms with E-state index in [1.807, 2.05) is 31.4 Å². The lowest BCUT2D eigenvalue weighted by atomic mass is 10.1. The minimum absolute atomic E-state index is 1.10. The summed E-state index contributed by atoms with van der Waals surface area (Å²) in [5.41, 5.74) is 2.32. The van der Waals surface area contributed by atoms with Crippen LogP contribution in [0.5, 0.6) is 0 Å². The molecule has 0 fully saturated rings. The summed E-state index contributed by atoms with van der Waals surface area (Å²) in [6.45, 7) is 4.06. The van der Waals surface area contributed by atoms with Crippen molar-refractivity contribution in [2.75, 3.05) is 0 Å². The summed E-state index contributed by atoms with van der Waals surface area (Å²) in [7, 11) is 0. The zero-order chi connectivity index (χ0) is 7.40. The lowest BCUT2D eigenvalue weighted by Crippen LogP contribution is -1.99. The molecule has 0 aliphatic carbocycles. The molecule has 0 aromatic carbocycles. The third-order valence-corrected chi connectivity index (χ3v) is 1.39. The van der Waals surface area contributed by atoms with Crippen molar-refractivity contribution >= 4 is 5.71 Å². The highest BCUT2D eigenvalue weighted by molar-refractivity contribution is 6.11. The van der Waals surface area contributed by atoms with Crippen LogP contribution in [-0.2, 0) is 0 Å². The maximum Gasteiger partial charge on any atom is 0.0674 e. The predicted octanol–water partition coefficient (Wildman–Crippen LogP) is 2.48. The molecule has 0 aromatic rings. The molecule has 0 radical (unpaired) electrons. The van der Waals surface area contributed by atoms with Crippen LogP contribution in [0.3, 0.4) is 0 Å². The van der Waals surface area contributed by atoms with Gasteiger partial charge in [0.25, 0.3) is 0 Å². The Morgan fingerprint density at radius 2 is 2.30 bits per heavy atom. The number of rotatable bonds is 2. The van der Waals surface area contributed by atoms with Gasteiger partial charge in [-0.3, -0.25) is 4.99 Å². The maximum atomic E-state index is 4.06. The summed E-state index contributed by atoms with van der Waals surface area (Å²) < 4.78 is 0. The Balaban J connectivity index is 2.55. The molecule has 1 aliphatic heterocycles. The second kappa shape index (κ2) is 3.16. The highest BCUT2D eigenvalue weighted by Gasteiger charge is 1.99. The van der Waals surface area contributed by atoms with Gasteiger partial charge in [-0.25, -0.2) is 0 Å². The Bertz CT molecular complexity index is 229. The molecule has 10 heavy (non-hydrogen) atoms. The number of hydrogen-bond donors (Lipinski definition) is 0. The van der Waals surface area contributed by atoms with Crippen molar-refractivity contribution in [3.63, 3.8) is 0 Å². The molecule has 0 atom stereocenters. The van der Waals surface area contributed by atoms with Crippen LogP contribution in [0.4, 0.5) is 0 Å². The van der Waals surface area contributed by atoms with Gasteiger partial charge in [0.1, 0.15) is 0 Å². The summed E-state index contributed by atoms with van der Waals surface area (Å²) in [5.74, 6) is 0. The van der Waals surface area contributed by atoms with Crippen LogP contribution in [0.2, 0.25) is 0 Å². The monoisotopic (exact) mass is 133 g/mol. The van der Waals surface area contributed by atoms with Crippen molar-refractivity contribution in [1.82, 2.24) is 0 Å². The van der Waals surface area contributed by atoms with Crippen molar-refractivity contribution in [2.24, 2.45) is 4.99 Å². The summed E-state index contributed by atoms with van der Waals surface area (Å²) >= 11 is 0. The normalized spacial score (nSPS) is 17.4. The van der Waals surface area contributed by atoms with E-state index >= 15 is 0 Å². The van der Waals surface area contributed by atoms with Crippen LogP contribution in [0, 0.1) is 0 Å². The first-order valence-electron chi connectivity index (χ1n) is 3.39. The fraction of sp³-hybridized carbons (Fsp3) is 0.222. The minimum Gasteiger partial charge on any atom is -0.256 e. The fourth-order valence-electron chi connectivity index (χ4n) is 0.708. The van der Waals surface area contributed by atoms with Crippen molar-refractivity contribution in [2.45, 2.75) is 13.8 Å². The first-order chi connectivity index (χ1) is 4.84. The van der Waals surface area contributed by atoms with Gasteiger partial charge in [-0.1, -0.05) is 18.2 Å². The second-order valence-electron chi connectivity index (χ2n) is 2.21. The molecule has 1 heteroatoms. The molecule has 52 valence electrons. The van der Waals surface area contributed by atoms with Crippen LogP contribution in [0.25, 0.3) is 0 Å². The van der Waals surface area contributed by atoms with Crippen molar-refractivity contribution in [3.05, 3.63) is 36.1 Å². The predicted molar refractivity (Wildman–Crippen MR) is 45.1 cm³/mol. The molecule has 0 amide bonds. The molecule has 1 nitrogen and oxygen atoms in total. The van der Waals surface area contributed by atoms with Gasteiger partial charge >= 0.3 is 0 Å². The van der Waals surface area contributed by atoms with Crippen molar-refractivity contribution < 1.29 is 0 Å². The SMILES string of the molecule is C/C=C\C=C(/C)C1=NC=C1. The molecular weight excluding hydrogens is 122 g/mol. The van der Waals surface area contributed by atoms with E-state index in [1.54, 1.807) is 0 Å². The molecule has 1 heterocycles. The van der Waals surface area contributed by atoms with E-state index in [1.165, 1.54) is 5.57 Å². The Labute approximate surface area is 61.5 Å². The molecule has 0 saturated heterocycles. The van der Waals surface area contributed by atoms with Gasteiger partial charge in [-0.2, -0.15) is 0 Å². The maximum absolute atomic E-state index is 4.06. The van der Waals surface area contributed by atoms with Gasteiger partial charge in [0.15, 0.2) is 0 Å². The Kier molecular flexibility index (Phi) is 2.21. The van der Waals surface area contributed by atoms with Crippen molar-refractivity contribution in [1.29, 1.82) is 0 Å². The van der Waals surface area contributed by atoms with Gasteiger partial charge in [-0.15, -0.1) is 0 Å². The van der Waals surface area contributed by atoms with E-state index in [-0.39, 0.29) is 0 Å². The van der Waals surface area contributed by atoms with Gasteiger partial charge < -0.3 is 0 Å². The first kappa shape index (κ1) is 7.00. The molecule has 1 aliphatic rings. The molecular formula is C9H11N. The smallest absolute Gasteiger partial charge is 0.0674 e. The van der Waals surface area contributed by atoms with E-state index in [0.29, 0.717) is 0 Å². The van der Waals surface area contributed by atoms with Gasteiger partial charge in [0.05, 0.1) is 5.71 Å². The number of aliphatic imine (C=N–C) groups is 1. The lowest BCUT2D eigenvalue weighted by molar-refractivity contribution is 1.44. The van der Waals surface area contributed by atoms with Crippen LogP contribution in [0.15, 0.2) is 41.1 Å². The summed E-state index contributed by atoms with van der Waals surface area (Å²) in [6.07, 6.45) is 9.90. The topological polar surface area (TPSA) is 12.4 Å². The third-order valence-electron chi connectivity index (χ3n) is 1.39. The Morgan fingerprint density at radius 3 is 2.70 bits per heavy atom. The van der Waals surface area contributed by atoms with Gasteiger partial charge in [-0.05, 0) is 25.5 Å². The molecule has 0 N–H and O–H groups in total. The van der Waals surface area contributed by atoms with E-state index in [9.17, 15) is 0 Å². The van der Waals surface area contributed by atoms with Crippen LogP contribution in [-0.4, -0.2) is 5.71 Å². The highest BCUT2D eigenvalue weighted by atomic mass is 14.7. The molecule has 0 unspecified atom stereocenters. The third kappa shape index (κ3) is 1.44. The highest BCUT2D eigenvalue weighted by Crippen LogP contribution is 2.06. The summed E-state index contributed by atoms with van der Waals surface area (Å²) in [6, 6.07) is 0. The van der Waals surface area contributed by atoms with Crippen LogP contribution >= 0.6 is 0 Å². The second-order valence-corrected chi connectivity index (χ2v) is 2.21. The number of allylic oxidation sites excluding steroid dienone is 5. The summed E-state index contributed by atoms with van der Waals surface area (Å²) in [5, 5.41) is 0. The molecule has 0 aromatic heterocycles. The molecule has 0 saturated carbocycles. The zero-order valence-corrected chi connectivity index (χ0v) is 6.33. The van der Waals surface area contributed by atoms with Crippen LogP contribution in [0.1, 0.15) is 13.8 Å². The average molecular weight is 133 g/mol. The largest absolute Gasteiger partial charge is 0.256 e. The van der Waals surface area contributed by atoms with Gasteiger partial charge in [0, 0.05) is 6.20 Å². The van der Waals surface area contributed by atoms with E-state index < -0.39 is 0 Å². The van der Waals surface area contributed by atoms with E-state index in [4.69, 9.17) is 0 Å². The standard InChI is InChI=1S/C9H11N/c1-3-4-5-8(2)9-6-7-10-9/h3-7H,1-2H3/b4-3-,8-5+. The number of hydrogen-bond acceptors (Lipinski definition) is 1. The minimum atomic E-state index is 1.10. The van der Waals surface area contributed by atoms with Crippen molar-refractivity contribution in [3.8, 4) is 0 Å². The Morgan fingerprint density at radius 1 is 1.60 bits per heavy atom. The number of nitrogens with zero attached hydrogens (tertiary/aromatic N) is 1. The van der Waals surface area contributed by atoms with E-state index in [2.05, 4.69) is 18.0 Å². The molecule has 0 spiro atoms. The summed E-state index contributed by atoms with van der Waals surface area (Å²) in [4.78, 5) is 4.06. The average Bonchev–Trinajstić information content (AvgIpc) is 1.79. The first-order valence-corrected chi connectivity index (χ1v) is 3.39. The van der Waals surface area contributed by atoms with Crippen LogP contribution < -0.4 is 0 Å². The Hall–Kier alpha value is -1.11. The van der Waals surface area contributed by atoms with Gasteiger partial charge in [0.2, 0.25) is 0 Å². The zero-order valence-electron chi connectivity index (χ0n) is 6.33. The quantitative estimate of drug-likeness (QED) is 0.513. The molecule has 1 rings (SSSR count).